The lowest BCUT2D eigenvalue weighted by atomic mass is 9.96. The molecule has 0 fully saturated rings. The summed E-state index contributed by atoms with van der Waals surface area (Å²) < 4.78 is 0. The first-order valence-corrected chi connectivity index (χ1v) is 6.65. The molecule has 0 radical (unpaired) electrons. The van der Waals surface area contributed by atoms with Crippen LogP contribution in [-0.4, -0.2) is 22.6 Å². The van der Waals surface area contributed by atoms with Crippen LogP contribution in [0.25, 0.3) is 0 Å². The molecule has 0 bridgehead atoms. The van der Waals surface area contributed by atoms with E-state index in [1.165, 1.54) is 6.92 Å². The Hall–Kier alpha value is -2.55. The number of nitriles is 1. The fourth-order valence-corrected chi connectivity index (χ4v) is 1.95. The third-order valence-electron chi connectivity index (χ3n) is 3.23. The number of aliphatic carboxylic acids is 1. The highest BCUT2D eigenvalue weighted by atomic mass is 16.4. The van der Waals surface area contributed by atoms with Crippen molar-refractivity contribution >= 4 is 17.7 Å². The molecule has 0 aliphatic carbocycles. The fraction of sp³-hybridized carbons (Fsp3) is 0.400. The highest BCUT2D eigenvalue weighted by Crippen LogP contribution is 2.17. The summed E-state index contributed by atoms with van der Waals surface area (Å²) in [6, 6.07) is 6.30. The second kappa shape index (κ2) is 6.75. The molecule has 112 valence electrons. The van der Waals surface area contributed by atoms with E-state index in [2.05, 4.69) is 10.6 Å². The van der Waals surface area contributed by atoms with E-state index in [0.29, 0.717) is 24.1 Å². The van der Waals surface area contributed by atoms with Crippen molar-refractivity contribution in [3.8, 4) is 6.07 Å². The zero-order chi connectivity index (χ0) is 16.0. The Morgan fingerprint density at radius 2 is 2.10 bits per heavy atom. The number of hydrogen-bond acceptors (Lipinski definition) is 3. The van der Waals surface area contributed by atoms with Crippen LogP contribution in [0.3, 0.4) is 0 Å². The number of nitrogens with one attached hydrogen (secondary N) is 2. The molecule has 1 aromatic rings. The van der Waals surface area contributed by atoms with Crippen LogP contribution >= 0.6 is 0 Å². The molecule has 0 saturated carbocycles. The maximum absolute atomic E-state index is 12.0. The van der Waals surface area contributed by atoms with Gasteiger partial charge in [-0.1, -0.05) is 19.4 Å². The fourth-order valence-electron chi connectivity index (χ4n) is 1.95. The number of hydrogen-bond donors (Lipinski definition) is 3. The second-order valence-electron chi connectivity index (χ2n) is 5.11. The highest BCUT2D eigenvalue weighted by Gasteiger charge is 2.33. The van der Waals surface area contributed by atoms with E-state index in [1.807, 2.05) is 13.0 Å². The van der Waals surface area contributed by atoms with Crippen molar-refractivity contribution in [3.63, 3.8) is 0 Å². The molecule has 0 spiro atoms. The van der Waals surface area contributed by atoms with Crippen molar-refractivity contribution in [1.29, 1.82) is 5.26 Å². The van der Waals surface area contributed by atoms with E-state index in [4.69, 9.17) is 5.26 Å². The van der Waals surface area contributed by atoms with Crippen molar-refractivity contribution in [2.45, 2.75) is 39.2 Å². The summed E-state index contributed by atoms with van der Waals surface area (Å²) in [5.74, 6) is -1.08. The average Bonchev–Trinajstić information content (AvgIpc) is 2.41. The second-order valence-corrected chi connectivity index (χ2v) is 5.11. The molecule has 21 heavy (non-hydrogen) atoms. The van der Waals surface area contributed by atoms with Crippen LogP contribution in [0.5, 0.6) is 0 Å². The van der Waals surface area contributed by atoms with E-state index in [-0.39, 0.29) is 0 Å². The largest absolute Gasteiger partial charge is 0.480 e. The van der Waals surface area contributed by atoms with Gasteiger partial charge < -0.3 is 15.7 Å². The topological polar surface area (TPSA) is 102 Å². The van der Waals surface area contributed by atoms with Gasteiger partial charge in [0.15, 0.2) is 0 Å². The molecule has 6 heteroatoms. The summed E-state index contributed by atoms with van der Waals surface area (Å²) in [7, 11) is 0. The minimum absolute atomic E-state index is 0.326. The summed E-state index contributed by atoms with van der Waals surface area (Å²) in [6.45, 7) is 5.11. The summed E-state index contributed by atoms with van der Waals surface area (Å²) in [6.07, 6.45) is 0.957. The zero-order valence-corrected chi connectivity index (χ0v) is 12.4. The van der Waals surface area contributed by atoms with Crippen molar-refractivity contribution in [3.05, 3.63) is 29.3 Å². The van der Waals surface area contributed by atoms with Gasteiger partial charge in [0, 0.05) is 5.69 Å². The molecular weight excluding hydrogens is 270 g/mol. The first kappa shape index (κ1) is 16.5. The van der Waals surface area contributed by atoms with E-state index in [1.54, 1.807) is 25.1 Å². The number of aryl methyl sites for hydroxylation is 1. The summed E-state index contributed by atoms with van der Waals surface area (Å²) in [4.78, 5) is 23.3. The normalized spacial score (nSPS) is 12.9. The number of benzene rings is 1. The molecule has 0 saturated heterocycles. The van der Waals surface area contributed by atoms with Crippen LogP contribution in [0, 0.1) is 18.3 Å². The molecule has 2 amide bonds. The molecule has 0 aliphatic heterocycles. The molecule has 0 heterocycles. The highest BCUT2D eigenvalue weighted by molar-refractivity contribution is 5.94. The predicted octanol–water partition coefficient (Wildman–Crippen LogP) is 2.63. The molecule has 0 aromatic heterocycles. The molecule has 1 atom stereocenters. The number of carboxylic acid groups (broad SMARTS) is 1. The molecule has 0 aliphatic rings. The smallest absolute Gasteiger partial charge is 0.329 e. The average molecular weight is 289 g/mol. The maximum Gasteiger partial charge on any atom is 0.329 e. The molecule has 3 N–H and O–H groups in total. The van der Waals surface area contributed by atoms with Crippen LogP contribution in [0.2, 0.25) is 0 Å². The van der Waals surface area contributed by atoms with E-state index in [9.17, 15) is 14.7 Å². The number of carboxylic acids is 1. The van der Waals surface area contributed by atoms with E-state index >= 15 is 0 Å². The van der Waals surface area contributed by atoms with Gasteiger partial charge in [-0.05, 0) is 38.0 Å². The molecule has 1 unspecified atom stereocenters. The monoisotopic (exact) mass is 289 g/mol. The van der Waals surface area contributed by atoms with Gasteiger partial charge in [0.05, 0.1) is 11.6 Å². The van der Waals surface area contributed by atoms with Gasteiger partial charge in [0.25, 0.3) is 0 Å². The van der Waals surface area contributed by atoms with Crippen LogP contribution in [0.1, 0.15) is 37.8 Å². The Balaban J connectivity index is 2.87. The SMILES string of the molecule is CCCC(C)(NC(=O)Nc1cc(C#N)ccc1C)C(=O)O. The summed E-state index contributed by atoms with van der Waals surface area (Å²) in [5.41, 5.74) is 0.373. The predicted molar refractivity (Wildman–Crippen MR) is 79.0 cm³/mol. The van der Waals surface area contributed by atoms with Crippen LogP contribution in [0.15, 0.2) is 18.2 Å². The third-order valence-corrected chi connectivity index (χ3v) is 3.23. The molecule has 1 rings (SSSR count). The number of anilines is 1. The lowest BCUT2D eigenvalue weighted by Crippen LogP contribution is -2.53. The van der Waals surface area contributed by atoms with Gasteiger partial charge in [-0.25, -0.2) is 9.59 Å². The Morgan fingerprint density at radius 1 is 1.43 bits per heavy atom. The quantitative estimate of drug-likeness (QED) is 0.775. The van der Waals surface area contributed by atoms with Gasteiger partial charge in [0.2, 0.25) is 0 Å². The standard InChI is InChI=1S/C15H19N3O3/c1-4-7-15(3,13(19)20)18-14(21)17-12-8-11(9-16)6-5-10(12)2/h5-6,8H,4,7H2,1-3H3,(H,19,20)(H2,17,18,21). The summed E-state index contributed by atoms with van der Waals surface area (Å²) in [5, 5.41) is 23.2. The minimum Gasteiger partial charge on any atom is -0.480 e. The number of rotatable bonds is 5. The molecule has 6 nitrogen and oxygen atoms in total. The minimum atomic E-state index is -1.32. The third kappa shape index (κ3) is 4.21. The Labute approximate surface area is 123 Å². The number of urea groups is 1. The van der Waals surface area contributed by atoms with Crippen LogP contribution in [0.4, 0.5) is 10.5 Å². The first-order chi connectivity index (χ1) is 9.82. The number of carbonyl (C=O) groups is 2. The Morgan fingerprint density at radius 3 is 2.62 bits per heavy atom. The van der Waals surface area contributed by atoms with Crippen molar-refractivity contribution < 1.29 is 14.7 Å². The van der Waals surface area contributed by atoms with Crippen LogP contribution < -0.4 is 10.6 Å². The Kier molecular flexibility index (Phi) is 5.30. The number of amides is 2. The van der Waals surface area contributed by atoms with Gasteiger partial charge in [-0.2, -0.15) is 5.26 Å². The van der Waals surface area contributed by atoms with Crippen LogP contribution in [-0.2, 0) is 4.79 Å². The molecular formula is C15H19N3O3. The van der Waals surface area contributed by atoms with Crippen molar-refractivity contribution in [2.24, 2.45) is 0 Å². The van der Waals surface area contributed by atoms with Gasteiger partial charge in [-0.15, -0.1) is 0 Å². The van der Waals surface area contributed by atoms with E-state index < -0.39 is 17.5 Å². The lowest BCUT2D eigenvalue weighted by molar-refractivity contribution is -0.143. The van der Waals surface area contributed by atoms with Gasteiger partial charge in [-0.3, -0.25) is 0 Å². The maximum atomic E-state index is 12.0. The molecule has 1 aromatic carbocycles. The zero-order valence-electron chi connectivity index (χ0n) is 12.4. The lowest BCUT2D eigenvalue weighted by Gasteiger charge is -2.26. The van der Waals surface area contributed by atoms with E-state index in [0.717, 1.165) is 5.56 Å². The summed E-state index contributed by atoms with van der Waals surface area (Å²) >= 11 is 0. The van der Waals surface area contributed by atoms with Gasteiger partial charge >= 0.3 is 12.0 Å². The first-order valence-electron chi connectivity index (χ1n) is 6.65. The Bertz CT molecular complexity index is 592. The van der Waals surface area contributed by atoms with Crippen molar-refractivity contribution in [2.75, 3.05) is 5.32 Å². The van der Waals surface area contributed by atoms with Gasteiger partial charge in [0.1, 0.15) is 5.54 Å². The number of nitrogens with zero attached hydrogens (tertiary/aromatic N) is 1. The number of carbonyl (C=O) groups excluding carboxylic acids is 1. The van der Waals surface area contributed by atoms with Crippen molar-refractivity contribution in [1.82, 2.24) is 5.32 Å².